The summed E-state index contributed by atoms with van der Waals surface area (Å²) in [4.78, 5) is 17.5. The van der Waals surface area contributed by atoms with Gasteiger partial charge in [0.25, 0.3) is 10.0 Å². The first-order chi connectivity index (χ1) is 12.7. The fourth-order valence-corrected chi connectivity index (χ4v) is 5.42. The van der Waals surface area contributed by atoms with Gasteiger partial charge in [0.05, 0.1) is 26.7 Å². The van der Waals surface area contributed by atoms with E-state index in [0.29, 0.717) is 15.9 Å². The van der Waals surface area contributed by atoms with Crippen molar-refractivity contribution in [1.29, 1.82) is 0 Å². The zero-order valence-corrected chi connectivity index (χ0v) is 18.2. The summed E-state index contributed by atoms with van der Waals surface area (Å²) >= 11 is 10.6. The van der Waals surface area contributed by atoms with Gasteiger partial charge < -0.3 is 4.74 Å². The molecule has 2 heterocycles. The van der Waals surface area contributed by atoms with Crippen LogP contribution in [0.15, 0.2) is 39.0 Å². The molecule has 0 saturated heterocycles. The van der Waals surface area contributed by atoms with Crippen molar-refractivity contribution in [2.45, 2.75) is 18.7 Å². The number of carbonyl (C=O) groups is 1. The number of hydrogen-bond acceptors (Lipinski definition) is 6. The summed E-state index contributed by atoms with van der Waals surface area (Å²) in [6.45, 7) is 3.47. The van der Waals surface area contributed by atoms with Crippen LogP contribution in [0.2, 0.25) is 5.02 Å². The van der Waals surface area contributed by atoms with Crippen LogP contribution >= 0.6 is 38.9 Å². The normalized spacial score (nSPS) is 11.6. The van der Waals surface area contributed by atoms with E-state index < -0.39 is 16.0 Å². The Bertz CT molecular complexity index is 1150. The number of ether oxygens (including phenoxy) is 1. The maximum atomic E-state index is 12.9. The summed E-state index contributed by atoms with van der Waals surface area (Å²) < 4.78 is 34.2. The zero-order chi connectivity index (χ0) is 19.8. The fraction of sp³-hybridized carbons (Fsp3) is 0.176. The first-order valence-electron chi connectivity index (χ1n) is 7.78. The second-order valence-corrected chi connectivity index (χ2v) is 10.0. The topological polar surface area (TPSA) is 85.4 Å². The third kappa shape index (κ3) is 4.11. The Morgan fingerprint density at radius 3 is 2.78 bits per heavy atom. The number of benzene rings is 1. The van der Waals surface area contributed by atoms with Gasteiger partial charge in [-0.1, -0.05) is 17.7 Å². The molecule has 3 rings (SSSR count). The molecule has 0 fully saturated rings. The molecule has 6 nitrogen and oxygen atoms in total. The Kier molecular flexibility index (Phi) is 5.76. The van der Waals surface area contributed by atoms with Crippen LogP contribution < -0.4 is 4.72 Å². The van der Waals surface area contributed by atoms with Gasteiger partial charge in [-0.05, 0) is 54.0 Å². The lowest BCUT2D eigenvalue weighted by Crippen LogP contribution is -2.18. The van der Waals surface area contributed by atoms with Gasteiger partial charge in [-0.15, -0.1) is 11.3 Å². The fourth-order valence-electron chi connectivity index (χ4n) is 2.52. The van der Waals surface area contributed by atoms with Crippen LogP contribution in [-0.4, -0.2) is 26.0 Å². The predicted molar refractivity (Wildman–Crippen MR) is 110 cm³/mol. The first-order valence-corrected chi connectivity index (χ1v) is 11.2. The first kappa shape index (κ1) is 20.1. The number of nitrogens with zero attached hydrogens (tertiary/aromatic N) is 1. The maximum Gasteiger partial charge on any atom is 0.342 e. The van der Waals surface area contributed by atoms with Crippen LogP contribution in [0.4, 0.5) is 5.69 Å². The Morgan fingerprint density at radius 1 is 1.37 bits per heavy atom. The second kappa shape index (κ2) is 7.75. The molecule has 0 amide bonds. The number of carbonyl (C=O) groups excluding carboxylic acids is 1. The van der Waals surface area contributed by atoms with Gasteiger partial charge in [0, 0.05) is 10.4 Å². The van der Waals surface area contributed by atoms with E-state index in [1.54, 1.807) is 26.0 Å². The molecule has 3 aromatic rings. The van der Waals surface area contributed by atoms with E-state index in [-0.39, 0.29) is 27.8 Å². The molecule has 10 heteroatoms. The molecule has 0 atom stereocenters. The van der Waals surface area contributed by atoms with Crippen molar-refractivity contribution in [3.8, 4) is 0 Å². The molecule has 0 aliphatic rings. The van der Waals surface area contributed by atoms with Crippen molar-refractivity contribution in [3.05, 3.63) is 50.4 Å². The SMILES string of the molecule is CCOC(=O)c1c(C)nc2sc(Br)cc2c1NS(=O)(=O)c1cccc(Cl)c1. The standard InChI is InChI=1S/C17H14BrClN2O4S2/c1-3-25-17(22)14-9(2)20-16-12(8-13(18)26-16)15(14)21-27(23,24)11-6-4-5-10(19)7-11/h4-8H,3H2,1-2H3,(H,20,21). The number of fused-ring (bicyclic) bond motifs is 1. The number of esters is 1. The minimum Gasteiger partial charge on any atom is -0.462 e. The molecule has 2 aromatic heterocycles. The molecule has 142 valence electrons. The van der Waals surface area contributed by atoms with Crippen LogP contribution in [0.25, 0.3) is 10.2 Å². The summed E-state index contributed by atoms with van der Waals surface area (Å²) in [6, 6.07) is 7.59. The van der Waals surface area contributed by atoms with Crippen molar-refractivity contribution < 1.29 is 17.9 Å². The molecule has 0 spiro atoms. The van der Waals surface area contributed by atoms with Crippen molar-refractivity contribution >= 4 is 70.8 Å². The number of aryl methyl sites for hydroxylation is 1. The average molecular weight is 490 g/mol. The number of nitrogens with one attached hydrogen (secondary N) is 1. The Morgan fingerprint density at radius 2 is 2.11 bits per heavy atom. The van der Waals surface area contributed by atoms with E-state index in [2.05, 4.69) is 25.6 Å². The summed E-state index contributed by atoms with van der Waals surface area (Å²) in [7, 11) is -3.99. The van der Waals surface area contributed by atoms with Crippen molar-refractivity contribution in [2.24, 2.45) is 0 Å². The lowest BCUT2D eigenvalue weighted by Gasteiger charge is -2.15. The van der Waals surface area contributed by atoms with Gasteiger partial charge in [-0.3, -0.25) is 4.72 Å². The van der Waals surface area contributed by atoms with Gasteiger partial charge in [-0.2, -0.15) is 0 Å². The minimum absolute atomic E-state index is 0.0123. The lowest BCUT2D eigenvalue weighted by atomic mass is 10.1. The molecule has 27 heavy (non-hydrogen) atoms. The highest BCUT2D eigenvalue weighted by Crippen LogP contribution is 2.37. The number of aromatic nitrogens is 1. The monoisotopic (exact) mass is 488 g/mol. The van der Waals surface area contributed by atoms with Crippen molar-refractivity contribution in [3.63, 3.8) is 0 Å². The van der Waals surface area contributed by atoms with Gasteiger partial charge >= 0.3 is 5.97 Å². The van der Waals surface area contributed by atoms with Crippen molar-refractivity contribution in [2.75, 3.05) is 11.3 Å². The molecular weight excluding hydrogens is 476 g/mol. The number of thiophene rings is 1. The highest BCUT2D eigenvalue weighted by molar-refractivity contribution is 9.11. The molecule has 0 unspecified atom stereocenters. The van der Waals surface area contributed by atoms with Gasteiger partial charge in [-0.25, -0.2) is 18.2 Å². The summed E-state index contributed by atoms with van der Waals surface area (Å²) in [5.41, 5.74) is 0.595. The van der Waals surface area contributed by atoms with Crippen LogP contribution in [0.5, 0.6) is 0 Å². The summed E-state index contributed by atoms with van der Waals surface area (Å²) in [5.74, 6) is -0.643. The Balaban J connectivity index is 2.22. The molecule has 0 aliphatic carbocycles. The Labute approximate surface area is 173 Å². The highest BCUT2D eigenvalue weighted by atomic mass is 79.9. The van der Waals surface area contributed by atoms with E-state index in [1.165, 1.54) is 29.5 Å². The van der Waals surface area contributed by atoms with Crippen molar-refractivity contribution in [1.82, 2.24) is 4.98 Å². The van der Waals surface area contributed by atoms with Crippen LogP contribution in [0, 0.1) is 6.92 Å². The number of rotatable bonds is 5. The minimum atomic E-state index is -3.99. The molecule has 0 saturated carbocycles. The third-order valence-electron chi connectivity index (χ3n) is 3.66. The van der Waals surface area contributed by atoms with E-state index >= 15 is 0 Å². The average Bonchev–Trinajstić information content (AvgIpc) is 2.95. The summed E-state index contributed by atoms with van der Waals surface area (Å²) in [6.07, 6.45) is 0. The van der Waals surface area contributed by atoms with Gasteiger partial charge in [0.2, 0.25) is 0 Å². The van der Waals surface area contributed by atoms with Gasteiger partial charge in [0.1, 0.15) is 10.4 Å². The van der Waals surface area contributed by atoms with Crippen LogP contribution in [0.3, 0.4) is 0 Å². The Hall–Kier alpha value is -1.68. The van der Waals surface area contributed by atoms with E-state index in [4.69, 9.17) is 16.3 Å². The van der Waals surface area contributed by atoms with Crippen LogP contribution in [0.1, 0.15) is 23.0 Å². The quantitative estimate of drug-likeness (QED) is 0.510. The van der Waals surface area contributed by atoms with Gasteiger partial charge in [0.15, 0.2) is 0 Å². The lowest BCUT2D eigenvalue weighted by molar-refractivity contribution is 0.0526. The maximum absolute atomic E-state index is 12.9. The molecular formula is C17H14BrClN2O4S2. The van der Waals surface area contributed by atoms with E-state index in [9.17, 15) is 13.2 Å². The zero-order valence-electron chi connectivity index (χ0n) is 14.2. The number of hydrogen-bond donors (Lipinski definition) is 1. The highest BCUT2D eigenvalue weighted by Gasteiger charge is 2.26. The molecule has 0 bridgehead atoms. The van der Waals surface area contributed by atoms with E-state index in [0.717, 1.165) is 3.79 Å². The summed E-state index contributed by atoms with van der Waals surface area (Å²) in [5, 5.41) is 0.795. The number of pyridine rings is 1. The molecule has 0 aliphatic heterocycles. The smallest absolute Gasteiger partial charge is 0.342 e. The second-order valence-electron chi connectivity index (χ2n) is 5.50. The number of halogens is 2. The third-order valence-corrected chi connectivity index (χ3v) is 6.77. The van der Waals surface area contributed by atoms with Crippen LogP contribution in [-0.2, 0) is 14.8 Å². The largest absolute Gasteiger partial charge is 0.462 e. The number of anilines is 1. The molecule has 1 aromatic carbocycles. The molecule has 0 radical (unpaired) electrons. The number of sulfonamides is 1. The predicted octanol–water partition coefficient (Wildman–Crippen LogP) is 5.00. The molecule has 1 N–H and O–H groups in total. The van der Waals surface area contributed by atoms with E-state index in [1.807, 2.05) is 0 Å².